The van der Waals surface area contributed by atoms with Crippen LogP contribution in [0.25, 0.3) is 11.6 Å². The maximum absolute atomic E-state index is 12.8. The second-order valence-electron chi connectivity index (χ2n) is 6.97. The molecule has 3 aromatic carbocycles. The van der Waals surface area contributed by atoms with Crippen LogP contribution in [-0.4, -0.2) is 27.2 Å². The number of para-hydroxylation sites is 1. The van der Waals surface area contributed by atoms with Crippen molar-refractivity contribution in [3.05, 3.63) is 83.4 Å². The van der Waals surface area contributed by atoms with Crippen molar-refractivity contribution in [1.82, 2.24) is 0 Å². The third kappa shape index (κ3) is 3.62. The molecule has 152 valence electrons. The molecular formula is C25H23NO4. The number of carbonyl (C=O) groups is 1. The minimum Gasteiger partial charge on any atom is -0.493 e. The molecule has 0 N–H and O–H groups in total. The van der Waals surface area contributed by atoms with Crippen LogP contribution in [0.2, 0.25) is 0 Å². The van der Waals surface area contributed by atoms with E-state index < -0.39 is 0 Å². The number of amides is 1. The molecule has 30 heavy (non-hydrogen) atoms. The van der Waals surface area contributed by atoms with Crippen molar-refractivity contribution >= 4 is 23.2 Å². The molecule has 1 amide bonds. The Hall–Kier alpha value is -3.73. The van der Waals surface area contributed by atoms with Crippen LogP contribution in [0.3, 0.4) is 0 Å². The molecule has 0 fully saturated rings. The van der Waals surface area contributed by atoms with Crippen molar-refractivity contribution in [3.8, 4) is 17.2 Å². The number of anilines is 1. The van der Waals surface area contributed by atoms with Crippen molar-refractivity contribution in [2.24, 2.45) is 0 Å². The fourth-order valence-electron chi connectivity index (χ4n) is 3.56. The lowest BCUT2D eigenvalue weighted by atomic mass is 10.0. The quantitative estimate of drug-likeness (QED) is 0.557. The Morgan fingerprint density at radius 1 is 0.900 bits per heavy atom. The van der Waals surface area contributed by atoms with E-state index in [1.165, 1.54) is 0 Å². The fraction of sp³-hybridized carbons (Fsp3) is 0.160. The number of hydrogen-bond acceptors (Lipinski definition) is 4. The van der Waals surface area contributed by atoms with Crippen LogP contribution in [0.15, 0.2) is 66.7 Å². The van der Waals surface area contributed by atoms with Gasteiger partial charge in [0.25, 0.3) is 5.91 Å². The summed E-state index contributed by atoms with van der Waals surface area (Å²) in [5.74, 6) is 1.58. The van der Waals surface area contributed by atoms with Gasteiger partial charge in [-0.25, -0.2) is 0 Å². The Bertz CT molecular complexity index is 1080. The summed E-state index contributed by atoms with van der Waals surface area (Å²) in [6, 6.07) is 21.4. The molecule has 0 bridgehead atoms. The summed E-state index contributed by atoms with van der Waals surface area (Å²) in [6.07, 6.45) is 1.86. The van der Waals surface area contributed by atoms with E-state index in [1.807, 2.05) is 72.8 Å². The first-order chi connectivity index (χ1) is 14.6. The highest BCUT2D eigenvalue weighted by Gasteiger charge is 2.29. The van der Waals surface area contributed by atoms with Crippen molar-refractivity contribution in [2.75, 3.05) is 26.2 Å². The summed E-state index contributed by atoms with van der Waals surface area (Å²) in [7, 11) is 4.96. The van der Waals surface area contributed by atoms with Gasteiger partial charge in [0.1, 0.15) is 6.61 Å². The number of methoxy groups -OCH3 is 2. The zero-order chi connectivity index (χ0) is 21.1. The Morgan fingerprint density at radius 3 is 2.20 bits per heavy atom. The Balaban J connectivity index is 1.70. The van der Waals surface area contributed by atoms with E-state index in [0.29, 0.717) is 29.4 Å². The molecule has 1 aliphatic rings. The maximum Gasteiger partial charge on any atom is 0.258 e. The number of carbonyl (C=O) groups excluding carboxylic acids is 1. The SMILES string of the molecule is COc1cc(/C=C2/C(=O)N(C)c3ccccc32)cc(OC)c1OCc1ccccc1. The van der Waals surface area contributed by atoms with Gasteiger partial charge < -0.3 is 19.1 Å². The van der Waals surface area contributed by atoms with E-state index >= 15 is 0 Å². The lowest BCUT2D eigenvalue weighted by molar-refractivity contribution is -0.112. The standard InChI is InChI=1S/C25H23NO4/c1-26-21-12-8-7-11-19(21)20(25(26)27)13-18-14-22(28-2)24(23(15-18)29-3)30-16-17-9-5-4-6-10-17/h4-15H,16H2,1-3H3/b20-13+. The average molecular weight is 401 g/mol. The van der Waals surface area contributed by atoms with Crippen LogP contribution in [0.4, 0.5) is 5.69 Å². The van der Waals surface area contributed by atoms with Gasteiger partial charge in [-0.2, -0.15) is 0 Å². The van der Waals surface area contributed by atoms with Crippen LogP contribution in [0.5, 0.6) is 17.2 Å². The van der Waals surface area contributed by atoms with Gasteiger partial charge in [-0.1, -0.05) is 48.5 Å². The third-order valence-electron chi connectivity index (χ3n) is 5.11. The minimum atomic E-state index is -0.0430. The number of ether oxygens (including phenoxy) is 3. The first-order valence-electron chi connectivity index (χ1n) is 9.64. The smallest absolute Gasteiger partial charge is 0.258 e. The number of hydrogen-bond donors (Lipinski definition) is 0. The minimum absolute atomic E-state index is 0.0430. The lowest BCUT2D eigenvalue weighted by Crippen LogP contribution is -2.20. The summed E-state index contributed by atoms with van der Waals surface area (Å²) in [4.78, 5) is 14.4. The molecule has 4 rings (SSSR count). The number of fused-ring (bicyclic) bond motifs is 1. The van der Waals surface area contributed by atoms with Gasteiger partial charge in [-0.3, -0.25) is 4.79 Å². The lowest BCUT2D eigenvalue weighted by Gasteiger charge is -2.15. The van der Waals surface area contributed by atoms with Crippen molar-refractivity contribution in [1.29, 1.82) is 0 Å². The van der Waals surface area contributed by atoms with Crippen LogP contribution in [0.1, 0.15) is 16.7 Å². The van der Waals surface area contributed by atoms with Crippen molar-refractivity contribution < 1.29 is 19.0 Å². The maximum atomic E-state index is 12.8. The first-order valence-corrected chi connectivity index (χ1v) is 9.64. The highest BCUT2D eigenvalue weighted by Crippen LogP contribution is 2.41. The Kier molecular flexibility index (Phi) is 5.44. The van der Waals surface area contributed by atoms with Gasteiger partial charge >= 0.3 is 0 Å². The second kappa shape index (κ2) is 8.33. The van der Waals surface area contributed by atoms with E-state index in [2.05, 4.69) is 0 Å². The molecule has 0 saturated carbocycles. The van der Waals surface area contributed by atoms with Gasteiger partial charge in [-0.15, -0.1) is 0 Å². The summed E-state index contributed by atoms with van der Waals surface area (Å²) in [5, 5.41) is 0. The Morgan fingerprint density at radius 2 is 1.53 bits per heavy atom. The predicted molar refractivity (Wildman–Crippen MR) is 118 cm³/mol. The summed E-state index contributed by atoms with van der Waals surface area (Å²) >= 11 is 0. The molecule has 0 radical (unpaired) electrons. The van der Waals surface area contributed by atoms with E-state index in [1.54, 1.807) is 26.2 Å². The fourth-order valence-corrected chi connectivity index (χ4v) is 3.56. The van der Waals surface area contributed by atoms with Crippen LogP contribution in [-0.2, 0) is 11.4 Å². The van der Waals surface area contributed by atoms with E-state index in [4.69, 9.17) is 14.2 Å². The highest BCUT2D eigenvalue weighted by molar-refractivity contribution is 6.35. The molecular weight excluding hydrogens is 378 g/mol. The molecule has 0 aliphatic carbocycles. The van der Waals surface area contributed by atoms with Gasteiger partial charge in [0.05, 0.1) is 19.9 Å². The molecule has 0 atom stereocenters. The topological polar surface area (TPSA) is 48.0 Å². The number of nitrogens with zero attached hydrogens (tertiary/aromatic N) is 1. The van der Waals surface area contributed by atoms with Crippen LogP contribution in [0, 0.1) is 0 Å². The third-order valence-corrected chi connectivity index (χ3v) is 5.11. The number of benzene rings is 3. The normalized spacial score (nSPS) is 14.0. The molecule has 0 aromatic heterocycles. The molecule has 3 aromatic rings. The van der Waals surface area contributed by atoms with E-state index in [-0.39, 0.29) is 5.91 Å². The molecule has 1 aliphatic heterocycles. The summed E-state index contributed by atoms with van der Waals surface area (Å²) < 4.78 is 17.1. The zero-order valence-electron chi connectivity index (χ0n) is 17.2. The average Bonchev–Trinajstić information content (AvgIpc) is 3.03. The van der Waals surface area contributed by atoms with Crippen LogP contribution < -0.4 is 19.1 Å². The molecule has 0 unspecified atom stereocenters. The summed E-state index contributed by atoms with van der Waals surface area (Å²) in [6.45, 7) is 0.394. The highest BCUT2D eigenvalue weighted by atomic mass is 16.5. The zero-order valence-corrected chi connectivity index (χ0v) is 17.2. The molecule has 5 nitrogen and oxygen atoms in total. The van der Waals surface area contributed by atoms with Gasteiger partial charge in [0.15, 0.2) is 11.5 Å². The van der Waals surface area contributed by atoms with Gasteiger partial charge in [0.2, 0.25) is 5.75 Å². The van der Waals surface area contributed by atoms with Crippen LogP contribution >= 0.6 is 0 Å². The second-order valence-corrected chi connectivity index (χ2v) is 6.97. The van der Waals surface area contributed by atoms with Crippen molar-refractivity contribution in [2.45, 2.75) is 6.61 Å². The van der Waals surface area contributed by atoms with Gasteiger partial charge in [0, 0.05) is 18.2 Å². The molecule has 5 heteroatoms. The van der Waals surface area contributed by atoms with Crippen molar-refractivity contribution in [3.63, 3.8) is 0 Å². The molecule has 1 heterocycles. The molecule has 0 spiro atoms. The first kappa shape index (κ1) is 19.6. The van der Waals surface area contributed by atoms with Gasteiger partial charge in [-0.05, 0) is 35.4 Å². The number of likely N-dealkylation sites (N-methyl/N-ethyl adjacent to an activating group) is 1. The monoisotopic (exact) mass is 401 g/mol. The molecule has 0 saturated heterocycles. The predicted octanol–water partition coefficient (Wildman–Crippen LogP) is 4.80. The van der Waals surface area contributed by atoms with E-state index in [9.17, 15) is 4.79 Å². The largest absolute Gasteiger partial charge is 0.493 e. The number of rotatable bonds is 6. The summed E-state index contributed by atoms with van der Waals surface area (Å²) in [5.41, 5.74) is 4.28. The van der Waals surface area contributed by atoms with E-state index in [0.717, 1.165) is 22.4 Å². The Labute approximate surface area is 176 Å².